The van der Waals surface area contributed by atoms with E-state index in [0.717, 1.165) is 11.8 Å². The van der Waals surface area contributed by atoms with Gasteiger partial charge < -0.3 is 0 Å². The molecule has 0 amide bonds. The van der Waals surface area contributed by atoms with E-state index in [1.165, 1.54) is 70.6 Å². The summed E-state index contributed by atoms with van der Waals surface area (Å²) in [5.41, 5.74) is 0.618. The highest BCUT2D eigenvalue weighted by molar-refractivity contribution is 4.76. The van der Waals surface area contributed by atoms with Crippen LogP contribution in [0.15, 0.2) is 0 Å². The van der Waals surface area contributed by atoms with Crippen LogP contribution >= 0.6 is 0 Å². The van der Waals surface area contributed by atoms with E-state index in [2.05, 4.69) is 13.8 Å². The highest BCUT2D eigenvalue weighted by Crippen LogP contribution is 2.38. The average Bonchev–Trinajstić information content (AvgIpc) is 2.37. The van der Waals surface area contributed by atoms with Crippen LogP contribution in [0.4, 0.5) is 0 Å². The van der Waals surface area contributed by atoms with Crippen molar-refractivity contribution in [3.63, 3.8) is 0 Å². The Bertz CT molecular complexity index is 231. The minimum atomic E-state index is 0.618. The molecule has 0 atom stereocenters. The minimum Gasteiger partial charge on any atom is -0.0599 e. The topological polar surface area (TPSA) is 0 Å². The number of hydrogen-bond acceptors (Lipinski definition) is 0. The maximum absolute atomic E-state index is 2.49. The maximum atomic E-state index is 2.49. The Morgan fingerprint density at radius 1 is 0.500 bits per heavy atom. The first kappa shape index (κ1) is 16.4. The molecule has 0 aromatic carbocycles. The smallest absolute Gasteiger partial charge is 0.0354 e. The molecule has 2 fully saturated rings. The van der Waals surface area contributed by atoms with Crippen LogP contribution in [-0.4, -0.2) is 0 Å². The molecule has 0 saturated heterocycles. The van der Waals surface area contributed by atoms with Gasteiger partial charge in [0.25, 0.3) is 0 Å². The first-order chi connectivity index (χ1) is 9.67. The summed E-state index contributed by atoms with van der Waals surface area (Å²) in [7, 11) is 0. The quantitative estimate of drug-likeness (QED) is 0.479. The van der Waals surface area contributed by atoms with Gasteiger partial charge in [-0.05, 0) is 30.1 Å². The molecule has 2 aliphatic carbocycles. The van der Waals surface area contributed by atoms with Crippen LogP contribution in [-0.2, 0) is 0 Å². The highest BCUT2D eigenvalue weighted by Gasteiger charge is 2.24. The zero-order valence-electron chi connectivity index (χ0n) is 14.3. The van der Waals surface area contributed by atoms with E-state index < -0.39 is 0 Å². The Labute approximate surface area is 128 Å². The first-order valence-electron chi connectivity index (χ1n) is 9.67. The van der Waals surface area contributed by atoms with Crippen LogP contribution < -0.4 is 0 Å². The molecule has 2 saturated carbocycles. The molecular weight excluding hydrogens is 240 g/mol. The van der Waals surface area contributed by atoms with Gasteiger partial charge in [0.15, 0.2) is 0 Å². The predicted molar refractivity (Wildman–Crippen MR) is 90.0 cm³/mol. The highest BCUT2D eigenvalue weighted by atomic mass is 14.3. The molecule has 0 heterocycles. The second-order valence-corrected chi connectivity index (χ2v) is 8.52. The fraction of sp³-hybridized carbons (Fsp3) is 1.00. The van der Waals surface area contributed by atoms with Gasteiger partial charge in [-0.25, -0.2) is 0 Å². The summed E-state index contributed by atoms with van der Waals surface area (Å²) in [5.74, 6) is 2.16. The van der Waals surface area contributed by atoms with E-state index in [1.54, 1.807) is 25.7 Å². The molecule has 0 spiro atoms. The van der Waals surface area contributed by atoms with Crippen LogP contribution in [0, 0.1) is 17.3 Å². The molecule has 0 N–H and O–H groups in total. The Morgan fingerprint density at radius 3 is 1.30 bits per heavy atom. The lowest BCUT2D eigenvalue weighted by Crippen LogP contribution is -2.19. The predicted octanol–water partition coefficient (Wildman–Crippen LogP) is 7.12. The fourth-order valence-corrected chi connectivity index (χ4v) is 4.72. The molecule has 2 rings (SSSR count). The van der Waals surface area contributed by atoms with Crippen LogP contribution in [0.3, 0.4) is 0 Å². The zero-order valence-corrected chi connectivity index (χ0v) is 14.3. The van der Waals surface area contributed by atoms with E-state index in [-0.39, 0.29) is 0 Å². The van der Waals surface area contributed by atoms with E-state index in [0.29, 0.717) is 5.41 Å². The number of hydrogen-bond donors (Lipinski definition) is 0. The summed E-state index contributed by atoms with van der Waals surface area (Å²) >= 11 is 0. The van der Waals surface area contributed by atoms with Gasteiger partial charge >= 0.3 is 0 Å². The summed E-state index contributed by atoms with van der Waals surface area (Å²) in [6.07, 6.45) is 22.7. The third-order valence-electron chi connectivity index (χ3n) is 6.17. The Balaban J connectivity index is 1.83. The summed E-state index contributed by atoms with van der Waals surface area (Å²) in [4.78, 5) is 0. The van der Waals surface area contributed by atoms with Crippen molar-refractivity contribution in [1.82, 2.24) is 0 Å². The van der Waals surface area contributed by atoms with E-state index in [9.17, 15) is 0 Å². The third-order valence-corrected chi connectivity index (χ3v) is 6.17. The molecule has 2 aliphatic rings. The summed E-state index contributed by atoms with van der Waals surface area (Å²) in [6, 6.07) is 0. The molecule has 0 aliphatic heterocycles. The second-order valence-electron chi connectivity index (χ2n) is 8.52. The Hall–Kier alpha value is 0. The van der Waals surface area contributed by atoms with Gasteiger partial charge in [0, 0.05) is 0 Å². The minimum absolute atomic E-state index is 0.618. The standard InChI is InChI=1S/C20H38/c1-20(2)16-10-8-14-19(15-9-11-17-20)18-12-6-4-3-5-7-13-18/h18-19H,3-17H2,1-2H3. The largest absolute Gasteiger partial charge is 0.0599 e. The van der Waals surface area contributed by atoms with Crippen molar-refractivity contribution in [2.75, 3.05) is 0 Å². The first-order valence-corrected chi connectivity index (χ1v) is 9.67. The van der Waals surface area contributed by atoms with Crippen LogP contribution in [0.5, 0.6) is 0 Å². The zero-order chi connectivity index (χ0) is 14.3. The van der Waals surface area contributed by atoms with Gasteiger partial charge in [0.1, 0.15) is 0 Å². The van der Waals surface area contributed by atoms with Crippen molar-refractivity contribution in [2.24, 2.45) is 17.3 Å². The lowest BCUT2D eigenvalue weighted by atomic mass is 9.74. The van der Waals surface area contributed by atoms with E-state index in [4.69, 9.17) is 0 Å². The summed E-state index contributed by atoms with van der Waals surface area (Å²) in [5, 5.41) is 0. The van der Waals surface area contributed by atoms with Gasteiger partial charge in [-0.15, -0.1) is 0 Å². The van der Waals surface area contributed by atoms with Crippen LogP contribution in [0.1, 0.15) is 110 Å². The van der Waals surface area contributed by atoms with E-state index >= 15 is 0 Å². The molecular formula is C20H38. The monoisotopic (exact) mass is 278 g/mol. The lowest BCUT2D eigenvalue weighted by molar-refractivity contribution is 0.204. The van der Waals surface area contributed by atoms with Crippen molar-refractivity contribution in [1.29, 1.82) is 0 Å². The van der Waals surface area contributed by atoms with Crippen LogP contribution in [0.2, 0.25) is 0 Å². The van der Waals surface area contributed by atoms with Gasteiger partial charge in [-0.3, -0.25) is 0 Å². The molecule has 20 heavy (non-hydrogen) atoms. The SMILES string of the molecule is CC1(C)CCCCC(C2CCCCCCC2)CCCC1. The normalized spacial score (nSPS) is 28.5. The molecule has 0 nitrogen and oxygen atoms in total. The molecule has 0 bridgehead atoms. The molecule has 0 heteroatoms. The maximum Gasteiger partial charge on any atom is -0.0354 e. The number of rotatable bonds is 1. The molecule has 118 valence electrons. The van der Waals surface area contributed by atoms with Crippen molar-refractivity contribution in [3.8, 4) is 0 Å². The lowest BCUT2D eigenvalue weighted by Gasteiger charge is -2.32. The molecule has 0 aromatic rings. The van der Waals surface area contributed by atoms with Gasteiger partial charge in [-0.1, -0.05) is 97.3 Å². The van der Waals surface area contributed by atoms with Crippen molar-refractivity contribution < 1.29 is 0 Å². The molecule has 0 radical (unpaired) electrons. The molecule has 0 unspecified atom stereocenters. The second kappa shape index (κ2) is 8.44. The van der Waals surface area contributed by atoms with Gasteiger partial charge in [0.05, 0.1) is 0 Å². The average molecular weight is 279 g/mol. The Kier molecular flexibility index (Phi) is 6.91. The van der Waals surface area contributed by atoms with Crippen molar-refractivity contribution in [2.45, 2.75) is 110 Å². The van der Waals surface area contributed by atoms with Crippen molar-refractivity contribution in [3.05, 3.63) is 0 Å². The Morgan fingerprint density at radius 2 is 0.850 bits per heavy atom. The van der Waals surface area contributed by atoms with Crippen molar-refractivity contribution >= 4 is 0 Å². The summed E-state index contributed by atoms with van der Waals surface area (Å²) in [6.45, 7) is 4.97. The van der Waals surface area contributed by atoms with E-state index in [1.807, 2.05) is 0 Å². The third kappa shape index (κ3) is 5.78. The summed E-state index contributed by atoms with van der Waals surface area (Å²) < 4.78 is 0. The van der Waals surface area contributed by atoms with Crippen LogP contribution in [0.25, 0.3) is 0 Å². The van der Waals surface area contributed by atoms with Gasteiger partial charge in [-0.2, -0.15) is 0 Å². The molecule has 0 aromatic heterocycles. The van der Waals surface area contributed by atoms with Gasteiger partial charge in [0.2, 0.25) is 0 Å². The fourth-order valence-electron chi connectivity index (χ4n) is 4.72.